The van der Waals surface area contributed by atoms with Gasteiger partial charge in [0.2, 0.25) is 12.2 Å². The maximum Gasteiger partial charge on any atom is 0.235 e. The van der Waals surface area contributed by atoms with Gasteiger partial charge >= 0.3 is 0 Å². The van der Waals surface area contributed by atoms with Gasteiger partial charge in [0, 0.05) is 0 Å². The molecule has 0 N–H and O–H groups in total. The van der Waals surface area contributed by atoms with Crippen LogP contribution in [-0.4, -0.2) is 12.2 Å². The highest BCUT2D eigenvalue weighted by Crippen LogP contribution is 2.03. The van der Waals surface area contributed by atoms with Crippen LogP contribution in [0.4, 0.5) is 0 Å². The van der Waals surface area contributed by atoms with Gasteiger partial charge in [0.05, 0.1) is 13.1 Å². The Hall–Kier alpha value is -1.24. The molecule has 0 aliphatic rings. The average molecular weight is 166 g/mol. The van der Waals surface area contributed by atoms with Crippen molar-refractivity contribution in [3.8, 4) is 0 Å². The first kappa shape index (κ1) is 10.8. The summed E-state index contributed by atoms with van der Waals surface area (Å²) in [5.74, 6) is 0. The fourth-order valence-electron chi connectivity index (χ4n) is 0.675. The minimum absolute atomic E-state index is 0.758. The van der Waals surface area contributed by atoms with E-state index in [9.17, 15) is 9.59 Å². The molecule has 4 nitrogen and oxygen atoms in total. The minimum Gasteiger partial charge on any atom is -0.211 e. The first-order valence-corrected chi connectivity index (χ1v) is 3.69. The van der Waals surface area contributed by atoms with E-state index < -0.39 is 0 Å². The second-order valence-electron chi connectivity index (χ2n) is 2.09. The highest BCUT2D eigenvalue weighted by Gasteiger charge is 1.88. The van der Waals surface area contributed by atoms with Crippen molar-refractivity contribution in [2.75, 3.05) is 0 Å². The summed E-state index contributed by atoms with van der Waals surface area (Å²) in [7, 11) is 0. The van der Waals surface area contributed by atoms with Crippen molar-refractivity contribution in [3.63, 3.8) is 0 Å². The van der Waals surface area contributed by atoms with Gasteiger partial charge in [-0.2, -0.15) is 0 Å². The molecule has 0 aliphatic heterocycles. The molecule has 2 radical (unpaired) electrons. The van der Waals surface area contributed by atoms with Crippen molar-refractivity contribution in [2.24, 2.45) is 9.98 Å². The second kappa shape index (κ2) is 9.76. The van der Waals surface area contributed by atoms with Gasteiger partial charge in [0.25, 0.3) is 0 Å². The molecule has 64 valence electrons. The van der Waals surface area contributed by atoms with E-state index >= 15 is 0 Å². The molecule has 0 aromatic rings. The molecule has 0 aromatic carbocycles. The maximum atomic E-state index is 9.59. The Kier molecular flexibility index (Phi) is 8.75. The van der Waals surface area contributed by atoms with E-state index in [1.54, 1.807) is 0 Å². The summed E-state index contributed by atoms with van der Waals surface area (Å²) in [5.41, 5.74) is 0. The first-order valence-electron chi connectivity index (χ1n) is 3.69. The van der Waals surface area contributed by atoms with E-state index in [-0.39, 0.29) is 0 Å². The van der Waals surface area contributed by atoms with Crippen molar-refractivity contribution in [2.45, 2.75) is 25.7 Å². The first-order chi connectivity index (χ1) is 5.91. The summed E-state index contributed by atoms with van der Waals surface area (Å²) < 4.78 is 0. The van der Waals surface area contributed by atoms with Crippen molar-refractivity contribution >= 4 is 12.2 Å². The third kappa shape index (κ3) is 8.76. The monoisotopic (exact) mass is 166 g/mol. The molecule has 4 heteroatoms. The molecule has 0 fully saturated rings. The van der Waals surface area contributed by atoms with Crippen molar-refractivity contribution in [3.05, 3.63) is 13.1 Å². The number of nitrogens with zero attached hydrogens (tertiary/aromatic N) is 2. The van der Waals surface area contributed by atoms with Crippen LogP contribution in [0.5, 0.6) is 0 Å². The maximum absolute atomic E-state index is 9.59. The number of aliphatic imine (C=N–C) groups is 2. The Morgan fingerprint density at radius 2 is 1.33 bits per heavy atom. The van der Waals surface area contributed by atoms with E-state index in [2.05, 4.69) is 9.98 Å². The molecule has 0 atom stereocenters. The lowest BCUT2D eigenvalue weighted by atomic mass is 10.2. The lowest BCUT2D eigenvalue weighted by Gasteiger charge is -1.92. The smallest absolute Gasteiger partial charge is 0.211 e. The van der Waals surface area contributed by atoms with Crippen LogP contribution in [0, 0.1) is 13.1 Å². The lowest BCUT2D eigenvalue weighted by molar-refractivity contribution is 0.562. The van der Waals surface area contributed by atoms with E-state index in [1.807, 2.05) is 0 Å². The molecule has 0 saturated heterocycles. The van der Waals surface area contributed by atoms with E-state index in [0.717, 1.165) is 25.7 Å². The van der Waals surface area contributed by atoms with Crippen LogP contribution in [0.25, 0.3) is 0 Å². The number of unbranched alkanes of at least 4 members (excludes halogenated alkanes) is 3. The molecule has 0 amide bonds. The third-order valence-corrected chi connectivity index (χ3v) is 1.20. The molecule has 0 aliphatic carbocycles. The van der Waals surface area contributed by atoms with Crippen LogP contribution in [0.2, 0.25) is 0 Å². The van der Waals surface area contributed by atoms with Gasteiger partial charge < -0.3 is 0 Å². The number of isocyanates is 2. The van der Waals surface area contributed by atoms with Crippen LogP contribution >= 0.6 is 0 Å². The van der Waals surface area contributed by atoms with Gasteiger partial charge in [0.1, 0.15) is 0 Å². The Balaban J connectivity index is 3.00. The molecule has 0 aromatic heterocycles. The highest BCUT2D eigenvalue weighted by molar-refractivity contribution is 5.34. The van der Waals surface area contributed by atoms with Crippen LogP contribution in [0.1, 0.15) is 25.7 Å². The average Bonchev–Trinajstić information content (AvgIpc) is 2.10. The zero-order valence-electron chi connectivity index (χ0n) is 6.69. The van der Waals surface area contributed by atoms with Gasteiger partial charge in [-0.25, -0.2) is 19.6 Å². The predicted octanol–water partition coefficient (Wildman–Crippen LogP) is 1.54. The van der Waals surface area contributed by atoms with Gasteiger partial charge in [0.15, 0.2) is 0 Å². The van der Waals surface area contributed by atoms with Gasteiger partial charge in [-0.3, -0.25) is 0 Å². The van der Waals surface area contributed by atoms with Gasteiger partial charge in [-0.15, -0.1) is 0 Å². The largest absolute Gasteiger partial charge is 0.235 e. The molecular formula is C8H10N2O2. The minimum atomic E-state index is 0.758. The summed E-state index contributed by atoms with van der Waals surface area (Å²) in [6.07, 6.45) is 6.21. The molecule has 0 heterocycles. The summed E-state index contributed by atoms with van der Waals surface area (Å²) in [5, 5.41) is 0. The quantitative estimate of drug-likeness (QED) is 0.327. The van der Waals surface area contributed by atoms with Gasteiger partial charge in [-0.1, -0.05) is 12.8 Å². The van der Waals surface area contributed by atoms with Crippen LogP contribution in [0.15, 0.2) is 9.98 Å². The Bertz CT molecular complexity index is 169. The standard InChI is InChI=1S/C8H10N2O2/c11-7-9-5-3-1-2-4-6-10-8-12/h5-6H,1-4H2. The van der Waals surface area contributed by atoms with Crippen molar-refractivity contribution in [1.29, 1.82) is 0 Å². The zero-order chi connectivity index (χ0) is 9.07. The van der Waals surface area contributed by atoms with E-state index in [4.69, 9.17) is 0 Å². The summed E-state index contributed by atoms with van der Waals surface area (Å²) in [4.78, 5) is 25.7. The molecular weight excluding hydrogens is 156 g/mol. The molecule has 0 rings (SSSR count). The number of carbonyl (C=O) groups excluding carboxylic acids is 2. The Morgan fingerprint density at radius 1 is 0.917 bits per heavy atom. The molecule has 0 bridgehead atoms. The number of hydrogen-bond donors (Lipinski definition) is 0. The zero-order valence-corrected chi connectivity index (χ0v) is 6.69. The summed E-state index contributed by atoms with van der Waals surface area (Å²) >= 11 is 0. The number of hydrogen-bond acceptors (Lipinski definition) is 4. The van der Waals surface area contributed by atoms with Crippen molar-refractivity contribution < 1.29 is 9.59 Å². The van der Waals surface area contributed by atoms with E-state index in [0.29, 0.717) is 0 Å². The molecule has 0 unspecified atom stereocenters. The SMILES string of the molecule is O=C=N[CH]CCCC[CH]N=C=O. The topological polar surface area (TPSA) is 58.9 Å². The van der Waals surface area contributed by atoms with Crippen LogP contribution in [-0.2, 0) is 9.59 Å². The summed E-state index contributed by atoms with van der Waals surface area (Å²) in [6.45, 7) is 3.05. The van der Waals surface area contributed by atoms with Gasteiger partial charge in [-0.05, 0) is 12.8 Å². The summed E-state index contributed by atoms with van der Waals surface area (Å²) in [6, 6.07) is 0. The normalized spacial score (nSPS) is 8.33. The lowest BCUT2D eigenvalue weighted by Crippen LogP contribution is -1.77. The molecule has 0 saturated carbocycles. The van der Waals surface area contributed by atoms with E-state index in [1.165, 1.54) is 25.2 Å². The second-order valence-corrected chi connectivity index (χ2v) is 2.09. The predicted molar refractivity (Wildman–Crippen MR) is 43.3 cm³/mol. The third-order valence-electron chi connectivity index (χ3n) is 1.20. The number of rotatable bonds is 7. The Morgan fingerprint density at radius 3 is 1.67 bits per heavy atom. The molecule has 12 heavy (non-hydrogen) atoms. The fourth-order valence-corrected chi connectivity index (χ4v) is 0.675. The fraction of sp³-hybridized carbons (Fsp3) is 0.500. The van der Waals surface area contributed by atoms with Crippen LogP contribution < -0.4 is 0 Å². The highest BCUT2D eigenvalue weighted by atomic mass is 16.1. The van der Waals surface area contributed by atoms with Crippen molar-refractivity contribution in [1.82, 2.24) is 0 Å². The molecule has 0 spiro atoms. The Labute approximate surface area is 71.4 Å². The van der Waals surface area contributed by atoms with Crippen LogP contribution in [0.3, 0.4) is 0 Å².